The number of hydrogen-bond donors (Lipinski definition) is 4. The molecule has 1 heterocycles. The first-order valence-corrected chi connectivity index (χ1v) is 8.71. The highest BCUT2D eigenvalue weighted by molar-refractivity contribution is 5.92. The van der Waals surface area contributed by atoms with Crippen LogP contribution in [0.5, 0.6) is 11.5 Å². The van der Waals surface area contributed by atoms with Gasteiger partial charge in [-0.2, -0.15) is 4.98 Å². The largest absolute Gasteiger partial charge is 0.496 e. The number of nitrogens with zero attached hydrogens (tertiary/aromatic N) is 2. The molecule has 0 fully saturated rings. The van der Waals surface area contributed by atoms with Crippen molar-refractivity contribution >= 4 is 35.1 Å². The van der Waals surface area contributed by atoms with E-state index in [0.717, 1.165) is 6.20 Å². The summed E-state index contributed by atoms with van der Waals surface area (Å²) in [7, 11) is 2.66. The van der Waals surface area contributed by atoms with Gasteiger partial charge in [0.05, 0.1) is 20.4 Å². The molecule has 3 rings (SSSR count). The monoisotopic (exact) mass is 428 g/mol. The van der Waals surface area contributed by atoms with Crippen molar-refractivity contribution < 1.29 is 33.7 Å². The van der Waals surface area contributed by atoms with E-state index in [-0.39, 0.29) is 34.4 Å². The third kappa shape index (κ3) is 4.78. The van der Waals surface area contributed by atoms with E-state index in [0.29, 0.717) is 11.4 Å². The van der Waals surface area contributed by atoms with Crippen molar-refractivity contribution in [2.24, 2.45) is 0 Å². The Balaban J connectivity index is 1.86. The Labute approximate surface area is 175 Å². The molecule has 1 aromatic heterocycles. The summed E-state index contributed by atoms with van der Waals surface area (Å²) < 4.78 is 24.3. The summed E-state index contributed by atoms with van der Waals surface area (Å²) in [5, 5.41) is 23.9. The van der Waals surface area contributed by atoms with Gasteiger partial charge in [-0.3, -0.25) is 0 Å². The average molecular weight is 428 g/mol. The highest BCUT2D eigenvalue weighted by Crippen LogP contribution is 2.28. The van der Waals surface area contributed by atoms with E-state index >= 15 is 0 Å². The Morgan fingerprint density at radius 3 is 1.90 bits per heavy atom. The quantitative estimate of drug-likeness (QED) is 0.421. The standard InChI is InChI=1S/C20H17FN4O6/c1-30-15-7-10(3-5-12(15)18(26)27)23-17-14(21)9-22-20(25-17)24-11-4-6-13(19(28)29)16(8-11)31-2/h3-9H,1-2H3,(H,26,27)(H,28,29)(H2,22,23,24,25). The van der Waals surface area contributed by atoms with Gasteiger partial charge in [0, 0.05) is 23.5 Å². The zero-order valence-corrected chi connectivity index (χ0v) is 16.3. The highest BCUT2D eigenvalue weighted by atomic mass is 19.1. The van der Waals surface area contributed by atoms with Crippen LogP contribution in [0, 0.1) is 5.82 Å². The third-order valence-corrected chi connectivity index (χ3v) is 4.13. The van der Waals surface area contributed by atoms with E-state index in [9.17, 15) is 14.0 Å². The molecule has 0 aliphatic carbocycles. The maximum absolute atomic E-state index is 14.2. The summed E-state index contributed by atoms with van der Waals surface area (Å²) in [5.74, 6) is -2.96. The molecule has 0 radical (unpaired) electrons. The van der Waals surface area contributed by atoms with E-state index < -0.39 is 17.8 Å². The predicted octanol–water partition coefficient (Wildman–Crippen LogP) is 3.52. The lowest BCUT2D eigenvalue weighted by atomic mass is 10.2. The molecule has 3 aromatic rings. The van der Waals surface area contributed by atoms with Gasteiger partial charge in [-0.05, 0) is 24.3 Å². The van der Waals surface area contributed by atoms with Gasteiger partial charge in [-0.1, -0.05) is 0 Å². The molecule has 0 amide bonds. The Morgan fingerprint density at radius 2 is 1.42 bits per heavy atom. The Kier molecular flexibility index (Phi) is 6.15. The second kappa shape index (κ2) is 8.95. The topological polar surface area (TPSA) is 143 Å². The van der Waals surface area contributed by atoms with Crippen LogP contribution < -0.4 is 20.1 Å². The maximum atomic E-state index is 14.2. The fraction of sp³-hybridized carbons (Fsp3) is 0.100. The normalized spacial score (nSPS) is 10.3. The van der Waals surface area contributed by atoms with Crippen molar-refractivity contribution in [3.63, 3.8) is 0 Å². The molecular weight excluding hydrogens is 411 g/mol. The predicted molar refractivity (Wildman–Crippen MR) is 108 cm³/mol. The summed E-state index contributed by atoms with van der Waals surface area (Å²) >= 11 is 0. The van der Waals surface area contributed by atoms with Crippen LogP contribution >= 0.6 is 0 Å². The van der Waals surface area contributed by atoms with Crippen LogP contribution in [0.4, 0.5) is 27.5 Å². The Bertz CT molecular complexity index is 1150. The van der Waals surface area contributed by atoms with Crippen molar-refractivity contribution in [3.8, 4) is 11.5 Å². The van der Waals surface area contributed by atoms with Gasteiger partial charge in [0.2, 0.25) is 5.95 Å². The second-order valence-electron chi connectivity index (χ2n) is 6.08. The van der Waals surface area contributed by atoms with Crippen LogP contribution in [0.25, 0.3) is 0 Å². The minimum Gasteiger partial charge on any atom is -0.496 e. The molecule has 10 nitrogen and oxygen atoms in total. The fourth-order valence-corrected chi connectivity index (χ4v) is 2.67. The molecule has 0 aliphatic heterocycles. The number of rotatable bonds is 8. The first-order chi connectivity index (χ1) is 14.8. The van der Waals surface area contributed by atoms with Gasteiger partial charge in [0.1, 0.15) is 22.6 Å². The van der Waals surface area contributed by atoms with Crippen molar-refractivity contribution in [1.29, 1.82) is 0 Å². The molecule has 4 N–H and O–H groups in total. The number of aromatic carboxylic acids is 2. The van der Waals surface area contributed by atoms with Gasteiger partial charge in [-0.25, -0.2) is 19.0 Å². The second-order valence-corrected chi connectivity index (χ2v) is 6.08. The Hall–Kier alpha value is -4.41. The van der Waals surface area contributed by atoms with Crippen LogP contribution in [0.3, 0.4) is 0 Å². The number of anilines is 4. The van der Waals surface area contributed by atoms with Crippen molar-refractivity contribution in [2.45, 2.75) is 0 Å². The van der Waals surface area contributed by atoms with Crippen LogP contribution in [0.1, 0.15) is 20.7 Å². The molecule has 0 bridgehead atoms. The van der Waals surface area contributed by atoms with Crippen molar-refractivity contribution in [2.75, 3.05) is 24.9 Å². The summed E-state index contributed by atoms with van der Waals surface area (Å²) in [5.41, 5.74) is 0.705. The van der Waals surface area contributed by atoms with Crippen LogP contribution in [0.2, 0.25) is 0 Å². The molecule has 0 unspecified atom stereocenters. The smallest absolute Gasteiger partial charge is 0.339 e. The number of ether oxygens (including phenoxy) is 2. The number of halogens is 1. The zero-order chi connectivity index (χ0) is 22.5. The lowest BCUT2D eigenvalue weighted by Gasteiger charge is -2.12. The highest BCUT2D eigenvalue weighted by Gasteiger charge is 2.15. The minimum atomic E-state index is -1.16. The summed E-state index contributed by atoms with van der Waals surface area (Å²) in [6.45, 7) is 0. The van der Waals surface area contributed by atoms with E-state index in [2.05, 4.69) is 20.6 Å². The number of benzene rings is 2. The molecule has 0 aliphatic rings. The van der Waals surface area contributed by atoms with Gasteiger partial charge in [0.15, 0.2) is 11.6 Å². The molecule has 160 valence electrons. The van der Waals surface area contributed by atoms with Gasteiger partial charge < -0.3 is 30.3 Å². The number of aromatic nitrogens is 2. The maximum Gasteiger partial charge on any atom is 0.339 e. The number of hydrogen-bond acceptors (Lipinski definition) is 8. The minimum absolute atomic E-state index is 0.0193. The van der Waals surface area contributed by atoms with Crippen molar-refractivity contribution in [3.05, 3.63) is 59.5 Å². The van der Waals surface area contributed by atoms with E-state index in [1.807, 2.05) is 0 Å². The number of carboxylic acid groups (broad SMARTS) is 2. The SMILES string of the molecule is COc1cc(Nc2ncc(F)c(Nc3ccc(C(=O)O)c(OC)c3)n2)ccc1C(=O)O. The van der Waals surface area contributed by atoms with E-state index in [1.165, 1.54) is 50.6 Å². The molecule has 31 heavy (non-hydrogen) atoms. The lowest BCUT2D eigenvalue weighted by Crippen LogP contribution is -2.05. The summed E-state index contributed by atoms with van der Waals surface area (Å²) in [4.78, 5) is 30.3. The fourth-order valence-electron chi connectivity index (χ4n) is 2.67. The van der Waals surface area contributed by atoms with Crippen molar-refractivity contribution in [1.82, 2.24) is 9.97 Å². The van der Waals surface area contributed by atoms with Crippen LogP contribution in [0.15, 0.2) is 42.6 Å². The molecular formula is C20H17FN4O6. The summed E-state index contributed by atoms with van der Waals surface area (Å²) in [6, 6.07) is 8.43. The van der Waals surface area contributed by atoms with Gasteiger partial charge >= 0.3 is 11.9 Å². The number of carbonyl (C=O) groups is 2. The van der Waals surface area contributed by atoms with Crippen LogP contribution in [-0.4, -0.2) is 46.3 Å². The summed E-state index contributed by atoms with van der Waals surface area (Å²) in [6.07, 6.45) is 0.948. The lowest BCUT2D eigenvalue weighted by molar-refractivity contribution is 0.0682. The molecule has 11 heteroatoms. The average Bonchev–Trinajstić information content (AvgIpc) is 2.75. The Morgan fingerprint density at radius 1 is 0.903 bits per heavy atom. The van der Waals surface area contributed by atoms with E-state index in [4.69, 9.17) is 19.7 Å². The van der Waals surface area contributed by atoms with Crippen LogP contribution in [-0.2, 0) is 0 Å². The first-order valence-electron chi connectivity index (χ1n) is 8.71. The first kappa shape index (κ1) is 21.3. The number of methoxy groups -OCH3 is 2. The molecule has 0 atom stereocenters. The molecule has 0 saturated carbocycles. The molecule has 0 spiro atoms. The molecule has 0 saturated heterocycles. The van der Waals surface area contributed by atoms with E-state index in [1.54, 1.807) is 0 Å². The molecule has 2 aromatic carbocycles. The van der Waals surface area contributed by atoms with Gasteiger partial charge in [0.25, 0.3) is 0 Å². The number of nitrogens with one attached hydrogen (secondary N) is 2. The number of carboxylic acids is 2. The zero-order valence-electron chi connectivity index (χ0n) is 16.3. The third-order valence-electron chi connectivity index (χ3n) is 4.13. The van der Waals surface area contributed by atoms with Gasteiger partial charge in [-0.15, -0.1) is 0 Å².